The zero-order valence-electron chi connectivity index (χ0n) is 13.0. The van der Waals surface area contributed by atoms with Crippen LogP contribution in [0.15, 0.2) is 24.4 Å². The summed E-state index contributed by atoms with van der Waals surface area (Å²) in [6, 6.07) is 5.65. The Morgan fingerprint density at radius 1 is 1.13 bits per heavy atom. The van der Waals surface area contributed by atoms with Gasteiger partial charge < -0.3 is 19.6 Å². The molecule has 23 heavy (non-hydrogen) atoms. The summed E-state index contributed by atoms with van der Waals surface area (Å²) < 4.78 is 5.25. The Morgan fingerprint density at radius 2 is 1.83 bits per heavy atom. The fourth-order valence-corrected chi connectivity index (χ4v) is 3.25. The van der Waals surface area contributed by atoms with Crippen LogP contribution in [0.25, 0.3) is 0 Å². The highest BCUT2D eigenvalue weighted by atomic mass is 16.5. The topological polar surface area (TPSA) is 83.0 Å². The Morgan fingerprint density at radius 3 is 2.39 bits per heavy atom. The van der Waals surface area contributed by atoms with E-state index >= 15 is 0 Å². The molecule has 0 atom stereocenters. The Hall–Kier alpha value is -2.15. The minimum atomic E-state index is -1.32. The molecule has 3 heterocycles. The first kappa shape index (κ1) is 15.7. The quantitative estimate of drug-likeness (QED) is 0.822. The van der Waals surface area contributed by atoms with E-state index in [1.165, 1.54) is 0 Å². The summed E-state index contributed by atoms with van der Waals surface area (Å²) in [6.45, 7) is 2.91. The normalized spacial score (nSPS) is 21.0. The van der Waals surface area contributed by atoms with Gasteiger partial charge in [0, 0.05) is 32.4 Å². The average Bonchev–Trinajstić information content (AvgIpc) is 2.62. The van der Waals surface area contributed by atoms with Crippen molar-refractivity contribution in [3.05, 3.63) is 24.4 Å². The number of morpholine rings is 1. The second-order valence-corrected chi connectivity index (χ2v) is 5.97. The van der Waals surface area contributed by atoms with E-state index in [9.17, 15) is 14.7 Å². The van der Waals surface area contributed by atoms with Crippen LogP contribution in [0.1, 0.15) is 12.8 Å². The molecule has 3 rings (SSSR count). The lowest BCUT2D eigenvalue weighted by molar-refractivity contribution is -0.164. The van der Waals surface area contributed by atoms with Crippen LogP contribution in [0.5, 0.6) is 0 Å². The van der Waals surface area contributed by atoms with Crippen LogP contribution in [0.4, 0.5) is 5.82 Å². The van der Waals surface area contributed by atoms with Crippen LogP contribution >= 0.6 is 0 Å². The van der Waals surface area contributed by atoms with Gasteiger partial charge in [-0.25, -0.2) is 4.98 Å². The van der Waals surface area contributed by atoms with E-state index in [1.807, 2.05) is 23.1 Å². The first-order valence-electron chi connectivity index (χ1n) is 7.90. The van der Waals surface area contributed by atoms with Crippen molar-refractivity contribution in [2.75, 3.05) is 44.3 Å². The molecule has 1 aromatic rings. The van der Waals surface area contributed by atoms with Crippen molar-refractivity contribution in [3.63, 3.8) is 0 Å². The van der Waals surface area contributed by atoms with E-state index in [-0.39, 0.29) is 5.91 Å². The number of aromatic nitrogens is 1. The molecule has 0 unspecified atom stereocenters. The highest BCUT2D eigenvalue weighted by molar-refractivity contribution is 6.02. The lowest BCUT2D eigenvalue weighted by Crippen LogP contribution is -2.56. The summed E-state index contributed by atoms with van der Waals surface area (Å²) in [5, 5.41) is 9.73. The van der Waals surface area contributed by atoms with Gasteiger partial charge in [0.2, 0.25) is 5.91 Å². The largest absolute Gasteiger partial charge is 0.480 e. The number of pyridine rings is 1. The first-order valence-corrected chi connectivity index (χ1v) is 7.90. The molecule has 0 aliphatic carbocycles. The second kappa shape index (κ2) is 6.54. The lowest BCUT2D eigenvalue weighted by Gasteiger charge is -2.41. The Balaban J connectivity index is 1.73. The van der Waals surface area contributed by atoms with Gasteiger partial charge in [0.15, 0.2) is 0 Å². The molecule has 2 fully saturated rings. The third kappa shape index (κ3) is 3.01. The highest BCUT2D eigenvalue weighted by Gasteiger charge is 2.50. The molecule has 7 nitrogen and oxygen atoms in total. The Kier molecular flexibility index (Phi) is 4.47. The third-order valence-corrected chi connectivity index (χ3v) is 4.71. The van der Waals surface area contributed by atoms with E-state index in [2.05, 4.69) is 4.98 Å². The summed E-state index contributed by atoms with van der Waals surface area (Å²) in [6.07, 6.45) is 2.32. The highest BCUT2D eigenvalue weighted by Crippen LogP contribution is 2.35. The van der Waals surface area contributed by atoms with Crippen molar-refractivity contribution < 1.29 is 19.4 Å². The summed E-state index contributed by atoms with van der Waals surface area (Å²) >= 11 is 0. The predicted octanol–water partition coefficient (Wildman–Crippen LogP) is 0.612. The zero-order valence-corrected chi connectivity index (χ0v) is 13.0. The summed E-state index contributed by atoms with van der Waals surface area (Å²) in [5.74, 6) is -0.464. The molecule has 1 N–H and O–H groups in total. The molecule has 2 aliphatic heterocycles. The molecule has 0 saturated carbocycles. The second-order valence-electron chi connectivity index (χ2n) is 5.97. The van der Waals surface area contributed by atoms with Crippen molar-refractivity contribution in [2.45, 2.75) is 12.8 Å². The maximum atomic E-state index is 12.8. The smallest absolute Gasteiger partial charge is 0.319 e. The minimum Gasteiger partial charge on any atom is -0.480 e. The van der Waals surface area contributed by atoms with Crippen LogP contribution < -0.4 is 4.90 Å². The molecule has 124 valence electrons. The van der Waals surface area contributed by atoms with Gasteiger partial charge >= 0.3 is 5.97 Å². The summed E-state index contributed by atoms with van der Waals surface area (Å²) in [4.78, 5) is 32.7. The molecule has 0 aromatic carbocycles. The molecule has 2 aliphatic rings. The first-order chi connectivity index (χ1) is 11.1. The Labute approximate surface area is 134 Å². The monoisotopic (exact) mass is 319 g/mol. The SMILES string of the molecule is O=C(O)C1(C(=O)N2CCOCC2)CCN(c2ccccn2)CC1. The van der Waals surface area contributed by atoms with E-state index < -0.39 is 11.4 Å². The molecular weight excluding hydrogens is 298 g/mol. The van der Waals surface area contributed by atoms with E-state index in [4.69, 9.17) is 4.74 Å². The summed E-state index contributed by atoms with van der Waals surface area (Å²) in [5.41, 5.74) is -1.32. The van der Waals surface area contributed by atoms with Crippen LogP contribution in [-0.2, 0) is 14.3 Å². The standard InChI is InChI=1S/C16H21N3O4/c20-14(19-9-11-23-12-10-19)16(15(21)22)4-7-18(8-5-16)13-3-1-2-6-17-13/h1-3,6H,4-5,7-12H2,(H,21,22). The molecule has 0 radical (unpaired) electrons. The fourth-order valence-electron chi connectivity index (χ4n) is 3.25. The molecule has 7 heteroatoms. The number of carboxylic acids is 1. The summed E-state index contributed by atoms with van der Waals surface area (Å²) in [7, 11) is 0. The van der Waals surface area contributed by atoms with Gasteiger partial charge in [-0.2, -0.15) is 0 Å². The van der Waals surface area contributed by atoms with Gasteiger partial charge in [-0.3, -0.25) is 9.59 Å². The number of anilines is 1. The van der Waals surface area contributed by atoms with Crippen LogP contribution in [0, 0.1) is 5.41 Å². The number of carbonyl (C=O) groups is 2. The van der Waals surface area contributed by atoms with Crippen molar-refractivity contribution in [1.82, 2.24) is 9.88 Å². The number of piperidine rings is 1. The fraction of sp³-hybridized carbons (Fsp3) is 0.562. The number of aliphatic carboxylic acids is 1. The third-order valence-electron chi connectivity index (χ3n) is 4.71. The Bertz CT molecular complexity index is 564. The van der Waals surface area contributed by atoms with Gasteiger partial charge in [0.25, 0.3) is 0 Å². The number of carboxylic acid groups (broad SMARTS) is 1. The van der Waals surface area contributed by atoms with Crippen molar-refractivity contribution in [2.24, 2.45) is 5.41 Å². The van der Waals surface area contributed by atoms with E-state index in [0.29, 0.717) is 52.2 Å². The van der Waals surface area contributed by atoms with Gasteiger partial charge in [0.1, 0.15) is 11.2 Å². The molecular formula is C16H21N3O4. The van der Waals surface area contributed by atoms with Crippen molar-refractivity contribution >= 4 is 17.7 Å². The lowest BCUT2D eigenvalue weighted by atomic mass is 9.77. The number of hydrogen-bond acceptors (Lipinski definition) is 5. The van der Waals surface area contributed by atoms with E-state index in [0.717, 1.165) is 5.82 Å². The van der Waals surface area contributed by atoms with E-state index in [1.54, 1.807) is 11.1 Å². The van der Waals surface area contributed by atoms with Crippen LogP contribution in [-0.4, -0.2) is 66.3 Å². The maximum absolute atomic E-state index is 12.8. The van der Waals surface area contributed by atoms with Gasteiger partial charge in [-0.05, 0) is 25.0 Å². The van der Waals surface area contributed by atoms with Crippen LogP contribution in [0.2, 0.25) is 0 Å². The predicted molar refractivity (Wildman–Crippen MR) is 83.2 cm³/mol. The number of ether oxygens (including phenoxy) is 1. The number of hydrogen-bond donors (Lipinski definition) is 1. The number of carbonyl (C=O) groups excluding carboxylic acids is 1. The van der Waals surface area contributed by atoms with Crippen molar-refractivity contribution in [1.29, 1.82) is 0 Å². The number of nitrogens with zero attached hydrogens (tertiary/aromatic N) is 3. The molecule has 2 saturated heterocycles. The number of rotatable bonds is 3. The zero-order chi connectivity index (χ0) is 16.3. The average molecular weight is 319 g/mol. The minimum absolute atomic E-state index is 0.269. The van der Waals surface area contributed by atoms with Gasteiger partial charge in [-0.1, -0.05) is 6.07 Å². The molecule has 1 aromatic heterocycles. The number of amides is 1. The van der Waals surface area contributed by atoms with Crippen LogP contribution in [0.3, 0.4) is 0 Å². The van der Waals surface area contributed by atoms with Gasteiger partial charge in [0.05, 0.1) is 13.2 Å². The maximum Gasteiger partial charge on any atom is 0.319 e. The van der Waals surface area contributed by atoms with Gasteiger partial charge in [-0.15, -0.1) is 0 Å². The molecule has 1 amide bonds. The molecule has 0 bridgehead atoms. The van der Waals surface area contributed by atoms with Crippen molar-refractivity contribution in [3.8, 4) is 0 Å². The molecule has 0 spiro atoms.